The first-order valence-corrected chi connectivity index (χ1v) is 9.34. The van der Waals surface area contributed by atoms with Crippen molar-refractivity contribution < 1.29 is 14.3 Å². The second-order valence-electron chi connectivity index (χ2n) is 6.54. The van der Waals surface area contributed by atoms with Crippen LogP contribution < -0.4 is 5.32 Å². The minimum Gasteiger partial charge on any atom is -0.455 e. The molecule has 1 aromatic heterocycles. The van der Waals surface area contributed by atoms with Crippen molar-refractivity contribution in [1.29, 1.82) is 0 Å². The number of aromatic nitrogens is 1. The summed E-state index contributed by atoms with van der Waals surface area (Å²) in [5, 5.41) is 3.64. The fourth-order valence-electron chi connectivity index (χ4n) is 2.80. The summed E-state index contributed by atoms with van der Waals surface area (Å²) in [7, 11) is 0. The summed E-state index contributed by atoms with van der Waals surface area (Å²) in [5.74, 6) is 0.224. The molecule has 0 aliphatic heterocycles. The third kappa shape index (κ3) is 3.60. The Bertz CT molecular complexity index is 932. The topological polar surface area (TPSA) is 68.3 Å². The Morgan fingerprint density at radius 3 is 2.62 bits per heavy atom. The van der Waals surface area contributed by atoms with Crippen molar-refractivity contribution in [2.24, 2.45) is 11.8 Å². The Morgan fingerprint density at radius 2 is 1.92 bits per heavy atom. The summed E-state index contributed by atoms with van der Waals surface area (Å²) in [6, 6.07) is 14.6. The van der Waals surface area contributed by atoms with Gasteiger partial charge in [0.1, 0.15) is 11.6 Å². The zero-order valence-corrected chi connectivity index (χ0v) is 15.1. The van der Waals surface area contributed by atoms with Gasteiger partial charge in [-0.15, -0.1) is 11.3 Å². The lowest BCUT2D eigenvalue weighted by atomic mass is 10.2. The van der Waals surface area contributed by atoms with Crippen LogP contribution in [0.1, 0.15) is 28.7 Å². The monoisotopic (exact) mass is 366 g/mol. The van der Waals surface area contributed by atoms with Crippen molar-refractivity contribution in [3.8, 4) is 0 Å². The van der Waals surface area contributed by atoms with Gasteiger partial charge in [-0.3, -0.25) is 4.79 Å². The summed E-state index contributed by atoms with van der Waals surface area (Å²) in [6.07, 6.45) is 0.946. The van der Waals surface area contributed by atoms with E-state index in [1.54, 1.807) is 24.3 Å². The Kier molecular flexibility index (Phi) is 4.42. The standard InChI is InChI=1S/C20H18N2O3S/c1-12-10-15(12)19(23)21-14-8-6-13(7-9-14)20(24)25-11-18-22-16-4-2-3-5-17(16)26-18/h2-9,12,15H,10-11H2,1H3,(H,21,23). The quantitative estimate of drug-likeness (QED) is 0.686. The maximum atomic E-state index is 12.2. The Labute approximate surface area is 155 Å². The van der Waals surface area contributed by atoms with E-state index in [1.807, 2.05) is 24.3 Å². The molecule has 2 atom stereocenters. The molecule has 2 aromatic carbocycles. The third-order valence-electron chi connectivity index (χ3n) is 4.50. The molecule has 26 heavy (non-hydrogen) atoms. The number of fused-ring (bicyclic) bond motifs is 1. The zero-order valence-electron chi connectivity index (χ0n) is 14.3. The van der Waals surface area contributed by atoms with Crippen LogP contribution >= 0.6 is 11.3 Å². The molecule has 3 aromatic rings. The number of esters is 1. The first kappa shape index (κ1) is 16.7. The molecule has 1 heterocycles. The number of nitrogens with zero attached hydrogens (tertiary/aromatic N) is 1. The predicted molar refractivity (Wildman–Crippen MR) is 101 cm³/mol. The average Bonchev–Trinajstić information content (AvgIpc) is 3.24. The van der Waals surface area contributed by atoms with E-state index in [9.17, 15) is 9.59 Å². The van der Waals surface area contributed by atoms with E-state index in [1.165, 1.54) is 11.3 Å². The van der Waals surface area contributed by atoms with Crippen LogP contribution in [0.2, 0.25) is 0 Å². The summed E-state index contributed by atoms with van der Waals surface area (Å²) < 4.78 is 6.42. The van der Waals surface area contributed by atoms with Crippen LogP contribution in [0.25, 0.3) is 10.2 Å². The van der Waals surface area contributed by atoms with Gasteiger partial charge in [0.15, 0.2) is 0 Å². The molecule has 132 valence electrons. The van der Waals surface area contributed by atoms with Gasteiger partial charge in [0.05, 0.1) is 15.8 Å². The van der Waals surface area contributed by atoms with Gasteiger partial charge in [0.2, 0.25) is 5.91 Å². The molecule has 0 bridgehead atoms. The average molecular weight is 366 g/mol. The molecule has 1 saturated carbocycles. The van der Waals surface area contributed by atoms with Gasteiger partial charge < -0.3 is 10.1 Å². The normalized spacial score (nSPS) is 18.5. The van der Waals surface area contributed by atoms with E-state index in [0.717, 1.165) is 21.6 Å². The number of hydrogen-bond acceptors (Lipinski definition) is 5. The van der Waals surface area contributed by atoms with Gasteiger partial charge in [0.25, 0.3) is 0 Å². The fraction of sp³-hybridized carbons (Fsp3) is 0.250. The highest BCUT2D eigenvalue weighted by Crippen LogP contribution is 2.38. The van der Waals surface area contributed by atoms with Gasteiger partial charge in [-0.1, -0.05) is 19.1 Å². The molecule has 1 amide bonds. The van der Waals surface area contributed by atoms with Crippen LogP contribution in [0.3, 0.4) is 0 Å². The lowest BCUT2D eigenvalue weighted by Crippen LogP contribution is -2.14. The molecule has 5 nitrogen and oxygen atoms in total. The van der Waals surface area contributed by atoms with Crippen LogP contribution in [-0.2, 0) is 16.1 Å². The van der Waals surface area contributed by atoms with E-state index >= 15 is 0 Å². The van der Waals surface area contributed by atoms with Gasteiger partial charge >= 0.3 is 5.97 Å². The number of hydrogen-bond donors (Lipinski definition) is 1. The molecule has 2 unspecified atom stereocenters. The molecule has 0 saturated heterocycles. The Hall–Kier alpha value is -2.73. The minimum absolute atomic E-state index is 0.0451. The number of carbonyl (C=O) groups excluding carboxylic acids is 2. The smallest absolute Gasteiger partial charge is 0.338 e. The van der Waals surface area contributed by atoms with Gasteiger partial charge in [-0.25, -0.2) is 9.78 Å². The SMILES string of the molecule is CC1CC1C(=O)Nc1ccc(C(=O)OCc2nc3ccccc3s2)cc1. The highest BCUT2D eigenvalue weighted by Gasteiger charge is 2.39. The number of rotatable bonds is 5. The van der Waals surface area contributed by atoms with Gasteiger partial charge in [-0.2, -0.15) is 0 Å². The number of amides is 1. The number of nitrogens with one attached hydrogen (secondary N) is 1. The molecule has 1 N–H and O–H groups in total. The zero-order chi connectivity index (χ0) is 18.1. The van der Waals surface area contributed by atoms with Crippen LogP contribution in [0.15, 0.2) is 48.5 Å². The largest absolute Gasteiger partial charge is 0.455 e. The van der Waals surface area contributed by atoms with Crippen molar-refractivity contribution in [2.75, 3.05) is 5.32 Å². The fourth-order valence-corrected chi connectivity index (χ4v) is 3.68. The molecule has 1 aliphatic rings. The van der Waals surface area contributed by atoms with Crippen molar-refractivity contribution in [2.45, 2.75) is 20.0 Å². The Balaban J connectivity index is 1.34. The predicted octanol–water partition coefficient (Wildman–Crippen LogP) is 4.25. The van der Waals surface area contributed by atoms with E-state index < -0.39 is 5.97 Å². The molecule has 1 aliphatic carbocycles. The van der Waals surface area contributed by atoms with Gasteiger partial charge in [0, 0.05) is 11.6 Å². The first-order valence-electron chi connectivity index (χ1n) is 8.52. The molecular weight excluding hydrogens is 348 g/mol. The number of thiazole rings is 1. The summed E-state index contributed by atoms with van der Waals surface area (Å²) in [4.78, 5) is 28.6. The maximum Gasteiger partial charge on any atom is 0.338 e. The number of carbonyl (C=O) groups is 2. The molecule has 0 radical (unpaired) electrons. The molecule has 0 spiro atoms. The van der Waals surface area contributed by atoms with E-state index in [4.69, 9.17) is 4.74 Å². The molecule has 6 heteroatoms. The van der Waals surface area contributed by atoms with Crippen LogP contribution in [0.4, 0.5) is 5.69 Å². The number of ether oxygens (including phenoxy) is 1. The highest BCUT2D eigenvalue weighted by atomic mass is 32.1. The van der Waals surface area contributed by atoms with Gasteiger partial charge in [-0.05, 0) is 48.7 Å². The summed E-state index contributed by atoms with van der Waals surface area (Å²) >= 11 is 1.52. The van der Waals surface area contributed by atoms with Crippen molar-refractivity contribution in [1.82, 2.24) is 4.98 Å². The third-order valence-corrected chi connectivity index (χ3v) is 5.51. The summed E-state index contributed by atoms with van der Waals surface area (Å²) in [5.41, 5.74) is 2.05. The minimum atomic E-state index is -0.405. The van der Waals surface area contributed by atoms with Crippen molar-refractivity contribution in [3.63, 3.8) is 0 Å². The number of benzene rings is 2. The maximum absolute atomic E-state index is 12.2. The van der Waals surface area contributed by atoms with Crippen LogP contribution in [0, 0.1) is 11.8 Å². The van der Waals surface area contributed by atoms with E-state index in [0.29, 0.717) is 17.2 Å². The lowest BCUT2D eigenvalue weighted by Gasteiger charge is -2.06. The Morgan fingerprint density at radius 1 is 1.19 bits per heavy atom. The van der Waals surface area contributed by atoms with Crippen molar-refractivity contribution >= 4 is 39.1 Å². The molecule has 4 rings (SSSR count). The number of anilines is 1. The lowest BCUT2D eigenvalue weighted by molar-refractivity contribution is -0.117. The molecular formula is C20H18N2O3S. The second-order valence-corrected chi connectivity index (χ2v) is 7.65. The van der Waals surface area contributed by atoms with Crippen molar-refractivity contribution in [3.05, 3.63) is 59.1 Å². The number of para-hydroxylation sites is 1. The molecule has 1 fully saturated rings. The highest BCUT2D eigenvalue weighted by molar-refractivity contribution is 7.18. The second kappa shape index (κ2) is 6.88. The van der Waals surface area contributed by atoms with Crippen LogP contribution in [-0.4, -0.2) is 16.9 Å². The van der Waals surface area contributed by atoms with E-state index in [2.05, 4.69) is 17.2 Å². The van der Waals surface area contributed by atoms with Crippen LogP contribution in [0.5, 0.6) is 0 Å². The summed E-state index contributed by atoms with van der Waals surface area (Å²) in [6.45, 7) is 2.21. The van der Waals surface area contributed by atoms with E-state index in [-0.39, 0.29) is 18.4 Å². The first-order chi connectivity index (χ1) is 12.6.